The number of fused-ring (bicyclic) bond motifs is 1. The van der Waals surface area contributed by atoms with E-state index in [0.29, 0.717) is 29.5 Å². The molecule has 0 saturated carbocycles. The molecule has 4 rings (SSSR count). The summed E-state index contributed by atoms with van der Waals surface area (Å²) < 4.78 is 11.4. The Hall–Kier alpha value is -2.37. The zero-order valence-electron chi connectivity index (χ0n) is 12.7. The number of oxazole rings is 1. The number of carbonyl (C=O) groups excluding carboxylic acids is 1. The molecule has 0 aliphatic carbocycles. The number of ether oxygens (including phenoxy) is 1. The Morgan fingerprint density at radius 1 is 1.21 bits per heavy atom. The lowest BCUT2D eigenvalue weighted by molar-refractivity contribution is -0.123. The minimum Gasteiger partial charge on any atom is -0.436 e. The molecule has 3 aromatic rings. The largest absolute Gasteiger partial charge is 0.436 e. The maximum atomic E-state index is 11.5. The van der Waals surface area contributed by atoms with E-state index in [2.05, 4.69) is 4.98 Å². The summed E-state index contributed by atoms with van der Waals surface area (Å²) >= 11 is 5.97. The average Bonchev–Trinajstić information content (AvgIpc) is 3.21. The van der Waals surface area contributed by atoms with Gasteiger partial charge in [-0.15, -0.1) is 0 Å². The molecule has 1 saturated heterocycles. The average molecular weight is 343 g/mol. The number of rotatable bonds is 3. The highest BCUT2D eigenvalue weighted by atomic mass is 35.5. The lowest BCUT2D eigenvalue weighted by atomic mass is 9.94. The van der Waals surface area contributed by atoms with Crippen LogP contribution in [0.5, 0.6) is 0 Å². The molecule has 0 bridgehead atoms. The molecule has 1 fully saturated rings. The van der Waals surface area contributed by atoms with Gasteiger partial charge in [-0.05, 0) is 42.3 Å². The third-order valence-corrected chi connectivity index (χ3v) is 4.53. The van der Waals surface area contributed by atoms with Gasteiger partial charge < -0.3 is 14.9 Å². The van der Waals surface area contributed by atoms with E-state index in [9.17, 15) is 4.79 Å². The van der Waals surface area contributed by atoms with Crippen molar-refractivity contribution in [2.45, 2.75) is 12.5 Å². The minimum absolute atomic E-state index is 0.276. The van der Waals surface area contributed by atoms with Gasteiger partial charge in [-0.1, -0.05) is 23.7 Å². The minimum atomic E-state index is -0.322. The van der Waals surface area contributed by atoms with Gasteiger partial charge in [0.1, 0.15) is 5.52 Å². The third-order valence-electron chi connectivity index (χ3n) is 4.29. The number of halogens is 1. The smallest absolute Gasteiger partial charge is 0.227 e. The lowest BCUT2D eigenvalue weighted by Gasteiger charge is -2.16. The fourth-order valence-electron chi connectivity index (χ4n) is 3.05. The van der Waals surface area contributed by atoms with Gasteiger partial charge >= 0.3 is 0 Å². The first-order chi connectivity index (χ1) is 11.6. The third kappa shape index (κ3) is 2.66. The van der Waals surface area contributed by atoms with Crippen LogP contribution in [-0.4, -0.2) is 17.5 Å². The van der Waals surface area contributed by atoms with Crippen LogP contribution < -0.4 is 5.73 Å². The second-order valence-electron chi connectivity index (χ2n) is 5.84. The lowest BCUT2D eigenvalue weighted by Crippen LogP contribution is -2.25. The van der Waals surface area contributed by atoms with Crippen molar-refractivity contribution in [1.29, 1.82) is 0 Å². The van der Waals surface area contributed by atoms with E-state index >= 15 is 0 Å². The van der Waals surface area contributed by atoms with Crippen molar-refractivity contribution in [3.63, 3.8) is 0 Å². The van der Waals surface area contributed by atoms with Gasteiger partial charge in [0.05, 0.1) is 12.0 Å². The second-order valence-corrected chi connectivity index (χ2v) is 6.28. The van der Waals surface area contributed by atoms with Crippen LogP contribution in [0, 0.1) is 5.92 Å². The first kappa shape index (κ1) is 15.2. The van der Waals surface area contributed by atoms with Crippen molar-refractivity contribution in [1.82, 2.24) is 4.98 Å². The monoisotopic (exact) mass is 342 g/mol. The maximum absolute atomic E-state index is 11.5. The molecule has 24 heavy (non-hydrogen) atoms. The quantitative estimate of drug-likeness (QED) is 0.787. The molecule has 1 aromatic heterocycles. The zero-order valence-corrected chi connectivity index (χ0v) is 13.5. The van der Waals surface area contributed by atoms with Crippen LogP contribution in [0.1, 0.15) is 18.1 Å². The number of nitrogens with zero attached hydrogens (tertiary/aromatic N) is 1. The van der Waals surface area contributed by atoms with Gasteiger partial charge in [0.2, 0.25) is 11.8 Å². The van der Waals surface area contributed by atoms with E-state index in [4.69, 9.17) is 26.5 Å². The number of nitrogens with two attached hydrogens (primary N) is 1. The van der Waals surface area contributed by atoms with Gasteiger partial charge in [0.25, 0.3) is 0 Å². The van der Waals surface area contributed by atoms with Crippen molar-refractivity contribution in [3.8, 4) is 11.5 Å². The summed E-state index contributed by atoms with van der Waals surface area (Å²) in [7, 11) is 0. The first-order valence-corrected chi connectivity index (χ1v) is 8.07. The van der Waals surface area contributed by atoms with E-state index in [0.717, 1.165) is 16.6 Å². The molecule has 122 valence electrons. The molecule has 2 N–H and O–H groups in total. The van der Waals surface area contributed by atoms with Gasteiger partial charge in [-0.2, -0.15) is 0 Å². The van der Waals surface area contributed by atoms with Crippen molar-refractivity contribution in [2.75, 3.05) is 6.61 Å². The number of carbonyl (C=O) groups is 1. The van der Waals surface area contributed by atoms with Crippen LogP contribution in [0.4, 0.5) is 0 Å². The van der Waals surface area contributed by atoms with Crippen LogP contribution in [0.15, 0.2) is 46.9 Å². The van der Waals surface area contributed by atoms with Crippen molar-refractivity contribution >= 4 is 28.6 Å². The Bertz CT molecular complexity index is 904. The standard InChI is InChI=1S/C18H15ClN2O3/c19-12-5-6-15-14(9-12)21-18(24-15)11-3-1-10(2-4-11)16-13(17(20)22)7-8-23-16/h1-6,9,13,16H,7-8H2,(H2,20,22). The van der Waals surface area contributed by atoms with Gasteiger partial charge in [-0.3, -0.25) is 4.79 Å². The summed E-state index contributed by atoms with van der Waals surface area (Å²) in [5.41, 5.74) is 8.63. The van der Waals surface area contributed by atoms with Crippen LogP contribution in [-0.2, 0) is 9.53 Å². The predicted octanol–water partition coefficient (Wildman–Crippen LogP) is 3.71. The van der Waals surface area contributed by atoms with E-state index in [1.54, 1.807) is 18.2 Å². The van der Waals surface area contributed by atoms with Crippen LogP contribution in [0.3, 0.4) is 0 Å². The molecule has 1 amide bonds. The molecular weight excluding hydrogens is 328 g/mol. The summed E-state index contributed by atoms with van der Waals surface area (Å²) in [5, 5.41) is 0.619. The Labute approximate surface area is 143 Å². The molecule has 2 atom stereocenters. The maximum Gasteiger partial charge on any atom is 0.227 e. The number of aromatic nitrogens is 1. The molecule has 2 unspecified atom stereocenters. The van der Waals surface area contributed by atoms with Gasteiger partial charge in [0, 0.05) is 17.2 Å². The van der Waals surface area contributed by atoms with E-state index < -0.39 is 0 Å². The molecule has 6 heteroatoms. The van der Waals surface area contributed by atoms with Crippen LogP contribution in [0.2, 0.25) is 5.02 Å². The Kier molecular flexibility index (Phi) is 3.75. The Morgan fingerprint density at radius 2 is 2.00 bits per heavy atom. The molecule has 1 aliphatic heterocycles. The molecule has 2 heterocycles. The van der Waals surface area contributed by atoms with Gasteiger partial charge in [0.15, 0.2) is 5.58 Å². The molecule has 0 spiro atoms. The molecule has 5 nitrogen and oxygen atoms in total. The van der Waals surface area contributed by atoms with E-state index in [1.165, 1.54) is 0 Å². The highest BCUT2D eigenvalue weighted by Gasteiger charge is 2.33. The predicted molar refractivity (Wildman–Crippen MR) is 90.4 cm³/mol. The highest BCUT2D eigenvalue weighted by molar-refractivity contribution is 6.31. The van der Waals surface area contributed by atoms with Crippen molar-refractivity contribution in [2.24, 2.45) is 11.7 Å². The topological polar surface area (TPSA) is 78.4 Å². The van der Waals surface area contributed by atoms with Gasteiger partial charge in [-0.25, -0.2) is 4.98 Å². The molecule has 0 radical (unpaired) electrons. The van der Waals surface area contributed by atoms with E-state index in [1.807, 2.05) is 24.3 Å². The summed E-state index contributed by atoms with van der Waals surface area (Å²) in [5.74, 6) is -0.0719. The molecular formula is C18H15ClN2O3. The summed E-state index contributed by atoms with van der Waals surface area (Å²) in [6, 6.07) is 13.0. The Morgan fingerprint density at radius 3 is 2.75 bits per heavy atom. The van der Waals surface area contributed by atoms with Crippen LogP contribution >= 0.6 is 11.6 Å². The first-order valence-electron chi connectivity index (χ1n) is 7.69. The normalized spacial score (nSPS) is 20.5. The molecule has 1 aliphatic rings. The number of hydrogen-bond donors (Lipinski definition) is 1. The summed E-state index contributed by atoms with van der Waals surface area (Å²) in [6.45, 7) is 0.548. The SMILES string of the molecule is NC(=O)C1CCOC1c1ccc(-c2nc3cc(Cl)ccc3o2)cc1. The fourth-order valence-corrected chi connectivity index (χ4v) is 3.22. The zero-order chi connectivity index (χ0) is 16.7. The van der Waals surface area contributed by atoms with E-state index in [-0.39, 0.29) is 17.9 Å². The number of primary amides is 1. The van der Waals surface area contributed by atoms with Crippen molar-refractivity contribution in [3.05, 3.63) is 53.1 Å². The summed E-state index contributed by atoms with van der Waals surface area (Å²) in [4.78, 5) is 16.0. The number of amides is 1. The number of benzene rings is 2. The second kappa shape index (κ2) is 5.92. The summed E-state index contributed by atoms with van der Waals surface area (Å²) in [6.07, 6.45) is 0.382. The fraction of sp³-hybridized carbons (Fsp3) is 0.222. The number of hydrogen-bond acceptors (Lipinski definition) is 4. The highest BCUT2D eigenvalue weighted by Crippen LogP contribution is 2.35. The van der Waals surface area contributed by atoms with Crippen molar-refractivity contribution < 1.29 is 13.9 Å². The van der Waals surface area contributed by atoms with Crippen LogP contribution in [0.25, 0.3) is 22.6 Å². The Balaban J connectivity index is 1.64. The molecule has 2 aromatic carbocycles.